The number of carbonyl (C=O) groups excluding carboxylic acids is 1. The molecular formula is C22H21NO4. The Morgan fingerprint density at radius 2 is 2.00 bits per heavy atom. The van der Waals surface area contributed by atoms with Crippen molar-refractivity contribution in [3.05, 3.63) is 70.1 Å². The van der Waals surface area contributed by atoms with E-state index in [0.29, 0.717) is 17.9 Å². The predicted octanol–water partition coefficient (Wildman–Crippen LogP) is 3.85. The molecule has 27 heavy (non-hydrogen) atoms. The summed E-state index contributed by atoms with van der Waals surface area (Å²) >= 11 is 0. The largest absolute Gasteiger partial charge is 0.481 e. The zero-order valence-corrected chi connectivity index (χ0v) is 15.4. The topological polar surface area (TPSA) is 59.8 Å². The zero-order chi connectivity index (χ0) is 19.0. The van der Waals surface area contributed by atoms with Crippen molar-refractivity contribution in [2.45, 2.75) is 32.8 Å². The number of anilines is 1. The molecule has 0 spiro atoms. The van der Waals surface area contributed by atoms with Crippen molar-refractivity contribution in [2.24, 2.45) is 0 Å². The number of para-hydroxylation sites is 1. The quantitative estimate of drug-likeness (QED) is 0.663. The van der Waals surface area contributed by atoms with Crippen LogP contribution in [0.5, 0.6) is 5.75 Å². The Kier molecular flexibility index (Phi) is 4.44. The first-order valence-electron chi connectivity index (χ1n) is 9.13. The predicted molar refractivity (Wildman–Crippen MR) is 104 cm³/mol. The van der Waals surface area contributed by atoms with Crippen molar-refractivity contribution in [1.82, 2.24) is 0 Å². The number of aryl methyl sites for hydroxylation is 2. The van der Waals surface area contributed by atoms with Crippen LogP contribution in [0.1, 0.15) is 24.5 Å². The van der Waals surface area contributed by atoms with Crippen LogP contribution in [0.2, 0.25) is 0 Å². The standard InChI is InChI=1S/C22H21NO4/c1-14-12-21(24)27-20-13-17(9-10-18(14)20)26-15(2)22(25)23-11-5-7-16-6-3-4-8-19(16)23/h3-4,6,8-10,12-13,15H,5,7,11H2,1-2H3/t15-/m1/s1. The van der Waals surface area contributed by atoms with Gasteiger partial charge in [-0.3, -0.25) is 4.79 Å². The molecule has 1 aliphatic heterocycles. The molecule has 0 saturated carbocycles. The second-order valence-corrected chi connectivity index (χ2v) is 6.89. The lowest BCUT2D eigenvalue weighted by molar-refractivity contribution is -0.124. The van der Waals surface area contributed by atoms with Gasteiger partial charge in [0.2, 0.25) is 0 Å². The van der Waals surface area contributed by atoms with Gasteiger partial charge in [0.15, 0.2) is 6.10 Å². The highest BCUT2D eigenvalue weighted by Crippen LogP contribution is 2.28. The van der Waals surface area contributed by atoms with E-state index in [1.807, 2.05) is 31.2 Å². The average Bonchev–Trinajstić information content (AvgIpc) is 2.66. The summed E-state index contributed by atoms with van der Waals surface area (Å²) < 4.78 is 11.1. The lowest BCUT2D eigenvalue weighted by Gasteiger charge is -2.31. The van der Waals surface area contributed by atoms with Gasteiger partial charge < -0.3 is 14.1 Å². The minimum atomic E-state index is -0.648. The van der Waals surface area contributed by atoms with Crippen molar-refractivity contribution in [3.63, 3.8) is 0 Å². The van der Waals surface area contributed by atoms with E-state index in [1.165, 1.54) is 11.6 Å². The van der Waals surface area contributed by atoms with Gasteiger partial charge in [-0.1, -0.05) is 18.2 Å². The highest BCUT2D eigenvalue weighted by atomic mass is 16.5. The monoisotopic (exact) mass is 363 g/mol. The SMILES string of the molecule is Cc1cc(=O)oc2cc(O[C@H](C)C(=O)N3CCCc4ccccc43)ccc12. The van der Waals surface area contributed by atoms with Crippen LogP contribution in [0.4, 0.5) is 5.69 Å². The van der Waals surface area contributed by atoms with Gasteiger partial charge in [-0.2, -0.15) is 0 Å². The second-order valence-electron chi connectivity index (χ2n) is 6.89. The van der Waals surface area contributed by atoms with Gasteiger partial charge >= 0.3 is 5.63 Å². The Morgan fingerprint density at radius 1 is 1.19 bits per heavy atom. The Hall–Kier alpha value is -3.08. The molecule has 0 aliphatic carbocycles. The van der Waals surface area contributed by atoms with Gasteiger partial charge in [-0.15, -0.1) is 0 Å². The summed E-state index contributed by atoms with van der Waals surface area (Å²) in [5.74, 6) is 0.426. The molecule has 138 valence electrons. The average molecular weight is 363 g/mol. The highest BCUT2D eigenvalue weighted by Gasteiger charge is 2.27. The van der Waals surface area contributed by atoms with Gasteiger partial charge in [0, 0.05) is 29.8 Å². The van der Waals surface area contributed by atoms with Gasteiger partial charge in [-0.25, -0.2) is 4.79 Å². The molecule has 0 unspecified atom stereocenters. The summed E-state index contributed by atoms with van der Waals surface area (Å²) in [5.41, 5.74) is 3.06. The van der Waals surface area contributed by atoms with Gasteiger partial charge in [0.1, 0.15) is 11.3 Å². The fraction of sp³-hybridized carbons (Fsp3) is 0.273. The summed E-state index contributed by atoms with van der Waals surface area (Å²) in [6.07, 6.45) is 1.28. The van der Waals surface area contributed by atoms with Crippen molar-refractivity contribution < 1.29 is 13.9 Å². The first kappa shape index (κ1) is 17.3. The van der Waals surface area contributed by atoms with Crippen molar-refractivity contribution in [1.29, 1.82) is 0 Å². The Balaban J connectivity index is 1.57. The molecule has 3 aromatic rings. The fourth-order valence-electron chi connectivity index (χ4n) is 3.62. The molecule has 4 rings (SSSR count). The molecule has 1 aromatic heterocycles. The van der Waals surface area contributed by atoms with Gasteiger partial charge in [0.25, 0.3) is 5.91 Å². The van der Waals surface area contributed by atoms with E-state index in [4.69, 9.17) is 9.15 Å². The number of carbonyl (C=O) groups is 1. The fourth-order valence-corrected chi connectivity index (χ4v) is 3.62. The normalized spacial score (nSPS) is 14.7. The van der Waals surface area contributed by atoms with Crippen LogP contribution in [-0.2, 0) is 11.2 Å². The third-order valence-corrected chi connectivity index (χ3v) is 4.96. The van der Waals surface area contributed by atoms with E-state index in [-0.39, 0.29) is 5.91 Å². The lowest BCUT2D eigenvalue weighted by Crippen LogP contribution is -2.43. The maximum Gasteiger partial charge on any atom is 0.336 e. The Bertz CT molecular complexity index is 1070. The maximum atomic E-state index is 13.0. The Morgan fingerprint density at radius 3 is 2.85 bits per heavy atom. The van der Waals surface area contributed by atoms with Crippen molar-refractivity contribution in [3.8, 4) is 5.75 Å². The molecule has 2 aromatic carbocycles. The third kappa shape index (κ3) is 3.33. The molecule has 1 atom stereocenters. The van der Waals surface area contributed by atoms with Crippen LogP contribution >= 0.6 is 0 Å². The number of amides is 1. The van der Waals surface area contributed by atoms with Crippen LogP contribution in [0.25, 0.3) is 11.0 Å². The number of nitrogens with zero attached hydrogens (tertiary/aromatic N) is 1. The molecule has 5 nitrogen and oxygen atoms in total. The molecule has 0 fully saturated rings. The highest BCUT2D eigenvalue weighted by molar-refractivity contribution is 5.97. The second kappa shape index (κ2) is 6.91. The van der Waals surface area contributed by atoms with Crippen LogP contribution in [-0.4, -0.2) is 18.6 Å². The van der Waals surface area contributed by atoms with E-state index in [2.05, 4.69) is 6.07 Å². The summed E-state index contributed by atoms with van der Waals surface area (Å²) in [6, 6.07) is 14.8. The molecule has 0 radical (unpaired) electrons. The van der Waals surface area contributed by atoms with Crippen LogP contribution in [0.15, 0.2) is 57.7 Å². The van der Waals surface area contributed by atoms with Gasteiger partial charge in [-0.05, 0) is 56.0 Å². The molecule has 5 heteroatoms. The van der Waals surface area contributed by atoms with E-state index in [0.717, 1.165) is 29.5 Å². The first-order chi connectivity index (χ1) is 13.0. The molecule has 0 saturated heterocycles. The molecular weight excluding hydrogens is 342 g/mol. The molecule has 2 heterocycles. The molecule has 0 bridgehead atoms. The molecule has 1 amide bonds. The van der Waals surface area contributed by atoms with E-state index in [9.17, 15) is 9.59 Å². The molecule has 0 N–H and O–H groups in total. The summed E-state index contributed by atoms with van der Waals surface area (Å²) in [5, 5.41) is 0.853. The maximum absolute atomic E-state index is 13.0. The number of hydrogen-bond donors (Lipinski definition) is 0. The van der Waals surface area contributed by atoms with E-state index < -0.39 is 11.7 Å². The van der Waals surface area contributed by atoms with Gasteiger partial charge in [0.05, 0.1) is 0 Å². The number of rotatable bonds is 3. The minimum Gasteiger partial charge on any atom is -0.481 e. The van der Waals surface area contributed by atoms with Crippen molar-refractivity contribution in [2.75, 3.05) is 11.4 Å². The van der Waals surface area contributed by atoms with Crippen LogP contribution < -0.4 is 15.3 Å². The number of fused-ring (bicyclic) bond motifs is 2. The lowest BCUT2D eigenvalue weighted by atomic mass is 10.0. The van der Waals surface area contributed by atoms with Crippen molar-refractivity contribution >= 4 is 22.6 Å². The van der Waals surface area contributed by atoms with Crippen LogP contribution in [0.3, 0.4) is 0 Å². The number of benzene rings is 2. The van der Waals surface area contributed by atoms with E-state index >= 15 is 0 Å². The Labute approximate surface area is 157 Å². The first-order valence-corrected chi connectivity index (χ1v) is 9.13. The smallest absolute Gasteiger partial charge is 0.336 e. The number of hydrogen-bond acceptors (Lipinski definition) is 4. The summed E-state index contributed by atoms with van der Waals surface area (Å²) in [6.45, 7) is 4.30. The zero-order valence-electron chi connectivity index (χ0n) is 15.4. The molecule has 1 aliphatic rings. The van der Waals surface area contributed by atoms with E-state index in [1.54, 1.807) is 24.0 Å². The summed E-state index contributed by atoms with van der Waals surface area (Å²) in [4.78, 5) is 26.4. The summed E-state index contributed by atoms with van der Waals surface area (Å²) in [7, 11) is 0. The third-order valence-electron chi connectivity index (χ3n) is 4.96. The minimum absolute atomic E-state index is 0.0760. The number of ether oxygens (including phenoxy) is 1. The van der Waals surface area contributed by atoms with Crippen LogP contribution in [0, 0.1) is 6.92 Å².